The van der Waals surface area contributed by atoms with Crippen molar-refractivity contribution in [1.82, 2.24) is 15.6 Å². The average Bonchev–Trinajstić information content (AvgIpc) is 3.23. The Balaban J connectivity index is 1.37. The summed E-state index contributed by atoms with van der Waals surface area (Å²) in [5.74, 6) is 0.677. The molecule has 0 unspecified atom stereocenters. The first-order chi connectivity index (χ1) is 15.8. The number of halogens is 2. The van der Waals surface area contributed by atoms with E-state index in [1.165, 1.54) is 5.56 Å². The fraction of sp³-hybridized carbons (Fsp3) is 0.160. The van der Waals surface area contributed by atoms with E-state index in [4.69, 9.17) is 28.2 Å². The number of benzene rings is 3. The number of fused-ring (bicyclic) bond motifs is 1. The SMILES string of the molecule is CC(C)c1ccc2oc(-c3ccc(CNC(=S)NC(=O)c4cc(I)ccc4Cl)cc3)nc2c1. The van der Waals surface area contributed by atoms with Gasteiger partial charge in [0.2, 0.25) is 5.89 Å². The lowest BCUT2D eigenvalue weighted by molar-refractivity contribution is 0.0976. The summed E-state index contributed by atoms with van der Waals surface area (Å²) in [6.45, 7) is 4.78. The van der Waals surface area contributed by atoms with Crippen molar-refractivity contribution in [2.75, 3.05) is 0 Å². The number of thiocarbonyl (C=S) groups is 1. The van der Waals surface area contributed by atoms with E-state index in [1.807, 2.05) is 36.4 Å². The monoisotopic (exact) mass is 589 g/mol. The maximum Gasteiger partial charge on any atom is 0.258 e. The van der Waals surface area contributed by atoms with Crippen molar-refractivity contribution in [3.63, 3.8) is 0 Å². The van der Waals surface area contributed by atoms with Gasteiger partial charge in [-0.3, -0.25) is 10.1 Å². The van der Waals surface area contributed by atoms with Gasteiger partial charge in [-0.25, -0.2) is 4.98 Å². The van der Waals surface area contributed by atoms with Crippen molar-refractivity contribution >= 4 is 68.5 Å². The second kappa shape index (κ2) is 10.2. The van der Waals surface area contributed by atoms with E-state index in [2.05, 4.69) is 64.2 Å². The van der Waals surface area contributed by atoms with Gasteiger partial charge in [0.25, 0.3) is 5.91 Å². The van der Waals surface area contributed by atoms with Crippen LogP contribution < -0.4 is 10.6 Å². The van der Waals surface area contributed by atoms with Crippen LogP contribution in [0.2, 0.25) is 5.02 Å². The highest BCUT2D eigenvalue weighted by Gasteiger charge is 2.13. The summed E-state index contributed by atoms with van der Waals surface area (Å²) in [6.07, 6.45) is 0. The van der Waals surface area contributed by atoms with Gasteiger partial charge in [0.05, 0.1) is 10.6 Å². The Morgan fingerprint density at radius 2 is 1.88 bits per heavy atom. The molecule has 0 saturated carbocycles. The summed E-state index contributed by atoms with van der Waals surface area (Å²) in [6, 6.07) is 19.2. The molecule has 2 N–H and O–H groups in total. The molecule has 0 aliphatic rings. The number of nitrogens with one attached hydrogen (secondary N) is 2. The lowest BCUT2D eigenvalue weighted by Crippen LogP contribution is -2.39. The minimum absolute atomic E-state index is 0.235. The largest absolute Gasteiger partial charge is 0.436 e. The Hall–Kier alpha value is -2.49. The van der Waals surface area contributed by atoms with Crippen LogP contribution >= 0.6 is 46.4 Å². The molecule has 33 heavy (non-hydrogen) atoms. The Labute approximate surface area is 216 Å². The van der Waals surface area contributed by atoms with E-state index in [0.29, 0.717) is 28.9 Å². The number of hydrogen-bond acceptors (Lipinski definition) is 4. The van der Waals surface area contributed by atoms with Gasteiger partial charge >= 0.3 is 0 Å². The molecule has 1 aromatic heterocycles. The molecule has 0 aliphatic heterocycles. The Morgan fingerprint density at radius 1 is 1.12 bits per heavy atom. The summed E-state index contributed by atoms with van der Waals surface area (Å²) in [4.78, 5) is 17.1. The van der Waals surface area contributed by atoms with Crippen LogP contribution in [0.25, 0.3) is 22.6 Å². The van der Waals surface area contributed by atoms with Crippen molar-refractivity contribution < 1.29 is 9.21 Å². The van der Waals surface area contributed by atoms with Crippen LogP contribution in [0, 0.1) is 3.57 Å². The second-order valence-electron chi connectivity index (χ2n) is 7.86. The predicted molar refractivity (Wildman–Crippen MR) is 145 cm³/mol. The van der Waals surface area contributed by atoms with Crippen molar-refractivity contribution in [3.8, 4) is 11.5 Å². The molecule has 1 amide bonds. The van der Waals surface area contributed by atoms with E-state index >= 15 is 0 Å². The molecule has 0 saturated heterocycles. The van der Waals surface area contributed by atoms with Gasteiger partial charge in [-0.2, -0.15) is 0 Å². The lowest BCUT2D eigenvalue weighted by Gasteiger charge is -2.11. The zero-order valence-corrected chi connectivity index (χ0v) is 21.7. The Kier molecular flexibility index (Phi) is 7.31. The molecule has 0 radical (unpaired) electrons. The highest BCUT2D eigenvalue weighted by atomic mass is 127. The zero-order chi connectivity index (χ0) is 23.5. The first-order valence-corrected chi connectivity index (χ1v) is 12.2. The van der Waals surface area contributed by atoms with Crippen LogP contribution in [-0.2, 0) is 6.54 Å². The number of nitrogens with zero attached hydrogens (tertiary/aromatic N) is 1. The smallest absolute Gasteiger partial charge is 0.258 e. The molecule has 168 valence electrons. The number of amides is 1. The van der Waals surface area contributed by atoms with Crippen LogP contribution in [0.3, 0.4) is 0 Å². The maximum absolute atomic E-state index is 12.4. The van der Waals surface area contributed by atoms with Gasteiger partial charge < -0.3 is 9.73 Å². The van der Waals surface area contributed by atoms with Crippen molar-refractivity contribution in [2.45, 2.75) is 26.3 Å². The number of carbonyl (C=O) groups is 1. The third-order valence-electron chi connectivity index (χ3n) is 5.13. The summed E-state index contributed by atoms with van der Waals surface area (Å²) in [5, 5.41) is 6.33. The van der Waals surface area contributed by atoms with Crippen molar-refractivity contribution in [3.05, 3.63) is 85.9 Å². The minimum Gasteiger partial charge on any atom is -0.436 e. The van der Waals surface area contributed by atoms with Crippen LogP contribution in [-0.4, -0.2) is 16.0 Å². The first kappa shape index (κ1) is 23.7. The molecule has 0 bridgehead atoms. The molecule has 0 aliphatic carbocycles. The number of hydrogen-bond donors (Lipinski definition) is 2. The molecule has 0 spiro atoms. The molecule has 3 aromatic carbocycles. The van der Waals surface area contributed by atoms with E-state index in [-0.39, 0.29) is 11.0 Å². The second-order valence-corrected chi connectivity index (χ2v) is 9.92. The Morgan fingerprint density at radius 3 is 2.61 bits per heavy atom. The normalized spacial score (nSPS) is 11.1. The van der Waals surface area contributed by atoms with Gasteiger partial charge in [0.15, 0.2) is 10.7 Å². The van der Waals surface area contributed by atoms with Gasteiger partial charge in [0.1, 0.15) is 5.52 Å². The van der Waals surface area contributed by atoms with Crippen molar-refractivity contribution in [2.24, 2.45) is 0 Å². The highest BCUT2D eigenvalue weighted by Crippen LogP contribution is 2.27. The zero-order valence-electron chi connectivity index (χ0n) is 18.0. The average molecular weight is 590 g/mol. The van der Waals surface area contributed by atoms with Crippen molar-refractivity contribution in [1.29, 1.82) is 0 Å². The standard InChI is InChI=1S/C25H21ClIN3O2S/c1-14(2)17-7-10-22-21(11-17)29-24(32-22)16-5-3-15(4-6-16)13-28-25(33)30-23(31)19-12-18(27)8-9-20(19)26/h3-12,14H,13H2,1-2H3,(H2,28,30,31,33). The van der Waals surface area contributed by atoms with E-state index < -0.39 is 0 Å². The van der Waals surface area contributed by atoms with E-state index in [9.17, 15) is 4.79 Å². The molecule has 0 fully saturated rings. The van der Waals surface area contributed by atoms with Crippen LogP contribution in [0.4, 0.5) is 0 Å². The molecule has 1 heterocycles. The third-order valence-corrected chi connectivity index (χ3v) is 6.38. The topological polar surface area (TPSA) is 67.2 Å². The van der Waals surface area contributed by atoms with E-state index in [1.54, 1.807) is 12.1 Å². The third kappa shape index (κ3) is 5.72. The number of oxazole rings is 1. The molecule has 5 nitrogen and oxygen atoms in total. The maximum atomic E-state index is 12.4. The summed E-state index contributed by atoms with van der Waals surface area (Å²) < 4.78 is 6.84. The summed E-state index contributed by atoms with van der Waals surface area (Å²) in [7, 11) is 0. The molecule has 0 atom stereocenters. The Bertz CT molecular complexity index is 1340. The fourth-order valence-corrected chi connectivity index (χ4v) is 4.12. The number of rotatable bonds is 5. The predicted octanol–water partition coefficient (Wildman–Crippen LogP) is 6.68. The quantitative estimate of drug-likeness (QED) is 0.201. The number of carbonyl (C=O) groups excluding carboxylic acids is 1. The first-order valence-electron chi connectivity index (χ1n) is 10.3. The van der Waals surface area contributed by atoms with E-state index in [0.717, 1.165) is 25.8 Å². The molecular formula is C25H21ClIN3O2S. The number of aromatic nitrogens is 1. The lowest BCUT2D eigenvalue weighted by atomic mass is 10.0. The van der Waals surface area contributed by atoms with Gasteiger partial charge in [0, 0.05) is 15.7 Å². The fourth-order valence-electron chi connectivity index (χ4n) is 3.26. The summed E-state index contributed by atoms with van der Waals surface area (Å²) in [5.41, 5.74) is 5.14. The molecule has 8 heteroatoms. The van der Waals surface area contributed by atoms with Gasteiger partial charge in [-0.1, -0.05) is 43.6 Å². The van der Waals surface area contributed by atoms with Gasteiger partial charge in [-0.05, 0) is 94.3 Å². The van der Waals surface area contributed by atoms with Crippen LogP contribution in [0.15, 0.2) is 65.1 Å². The summed E-state index contributed by atoms with van der Waals surface area (Å²) >= 11 is 13.5. The van der Waals surface area contributed by atoms with Crippen LogP contribution in [0.1, 0.15) is 41.3 Å². The molecule has 4 aromatic rings. The van der Waals surface area contributed by atoms with Gasteiger partial charge in [-0.15, -0.1) is 0 Å². The highest BCUT2D eigenvalue weighted by molar-refractivity contribution is 14.1. The van der Waals surface area contributed by atoms with Crippen LogP contribution in [0.5, 0.6) is 0 Å². The molecular weight excluding hydrogens is 569 g/mol. The minimum atomic E-state index is -0.344. The molecule has 4 rings (SSSR count).